The molecule has 1 N–H and O–H groups in total. The van der Waals surface area contributed by atoms with E-state index in [2.05, 4.69) is 32.9 Å². The van der Waals surface area contributed by atoms with Gasteiger partial charge in [0.1, 0.15) is 10.8 Å². The first-order valence-electron chi connectivity index (χ1n) is 8.82. The van der Waals surface area contributed by atoms with E-state index in [0.717, 1.165) is 24.4 Å². The summed E-state index contributed by atoms with van der Waals surface area (Å²) in [5.41, 5.74) is 2.36. The summed E-state index contributed by atoms with van der Waals surface area (Å²) in [7, 11) is 0. The minimum absolute atomic E-state index is 0.0360. The normalized spacial score (nSPS) is 10.7. The number of para-hydroxylation sites is 1. The first-order chi connectivity index (χ1) is 14.5. The standard InChI is InChI=1S/C21H14IN3O4S/c22-13-5-10-17(16(11-13)21-24-18-3-1-2-4-19(18)30-21)23-20(26)12-29-15-8-6-14(7-9-15)25(27)28/h1-11H,12H2,(H,23,26). The lowest BCUT2D eigenvalue weighted by Crippen LogP contribution is -2.20. The highest BCUT2D eigenvalue weighted by Crippen LogP contribution is 2.35. The Morgan fingerprint density at radius 2 is 1.90 bits per heavy atom. The van der Waals surface area contributed by atoms with E-state index in [1.807, 2.05) is 42.5 Å². The molecule has 4 rings (SSSR count). The summed E-state index contributed by atoms with van der Waals surface area (Å²) >= 11 is 3.79. The van der Waals surface area contributed by atoms with Crippen molar-refractivity contribution in [1.82, 2.24) is 4.98 Å². The van der Waals surface area contributed by atoms with Gasteiger partial charge in [-0.3, -0.25) is 14.9 Å². The van der Waals surface area contributed by atoms with Crippen LogP contribution in [0.5, 0.6) is 5.75 Å². The van der Waals surface area contributed by atoms with Crippen molar-refractivity contribution in [2.75, 3.05) is 11.9 Å². The fraction of sp³-hybridized carbons (Fsp3) is 0.0476. The lowest BCUT2D eigenvalue weighted by molar-refractivity contribution is -0.384. The van der Waals surface area contributed by atoms with Crippen LogP contribution in [0.1, 0.15) is 0 Å². The number of hydrogen-bond acceptors (Lipinski definition) is 6. The molecule has 1 aromatic heterocycles. The highest BCUT2D eigenvalue weighted by Gasteiger charge is 2.14. The highest BCUT2D eigenvalue weighted by molar-refractivity contribution is 14.1. The largest absolute Gasteiger partial charge is 0.484 e. The number of benzene rings is 3. The maximum atomic E-state index is 12.4. The molecule has 0 bridgehead atoms. The molecule has 0 unspecified atom stereocenters. The fourth-order valence-electron chi connectivity index (χ4n) is 2.79. The van der Waals surface area contributed by atoms with E-state index in [9.17, 15) is 14.9 Å². The predicted octanol–water partition coefficient (Wildman–Crippen LogP) is 5.49. The van der Waals surface area contributed by atoms with Crippen LogP contribution < -0.4 is 10.1 Å². The van der Waals surface area contributed by atoms with Crippen LogP contribution in [0.25, 0.3) is 20.8 Å². The number of rotatable bonds is 6. The number of non-ortho nitro benzene ring substituents is 1. The molecule has 4 aromatic rings. The third kappa shape index (κ3) is 4.57. The molecule has 0 aliphatic heterocycles. The molecule has 1 heterocycles. The molecule has 7 nitrogen and oxygen atoms in total. The fourth-order valence-corrected chi connectivity index (χ4v) is 4.28. The number of nitro benzene ring substituents is 1. The minimum Gasteiger partial charge on any atom is -0.484 e. The Labute approximate surface area is 189 Å². The van der Waals surface area contributed by atoms with Gasteiger partial charge in [-0.25, -0.2) is 4.98 Å². The summed E-state index contributed by atoms with van der Waals surface area (Å²) in [6, 6.07) is 19.2. The molecule has 0 saturated heterocycles. The molecule has 0 saturated carbocycles. The third-order valence-electron chi connectivity index (χ3n) is 4.20. The van der Waals surface area contributed by atoms with Gasteiger partial charge in [-0.15, -0.1) is 11.3 Å². The van der Waals surface area contributed by atoms with Crippen LogP contribution in [0.2, 0.25) is 0 Å². The molecule has 0 fully saturated rings. The monoisotopic (exact) mass is 531 g/mol. The van der Waals surface area contributed by atoms with Gasteiger partial charge in [0.05, 0.1) is 20.8 Å². The second-order valence-electron chi connectivity index (χ2n) is 6.26. The Bertz CT molecular complexity index is 1210. The number of aromatic nitrogens is 1. The Morgan fingerprint density at radius 1 is 1.13 bits per heavy atom. The third-order valence-corrected chi connectivity index (χ3v) is 5.94. The summed E-state index contributed by atoms with van der Waals surface area (Å²) in [5.74, 6) is 0.0432. The molecule has 0 aliphatic rings. The van der Waals surface area contributed by atoms with Gasteiger partial charge in [0.2, 0.25) is 0 Å². The van der Waals surface area contributed by atoms with Crippen molar-refractivity contribution in [2.24, 2.45) is 0 Å². The quantitative estimate of drug-likeness (QED) is 0.202. The van der Waals surface area contributed by atoms with Crippen molar-refractivity contribution < 1.29 is 14.5 Å². The molecule has 9 heteroatoms. The number of thiazole rings is 1. The van der Waals surface area contributed by atoms with E-state index in [1.54, 1.807) is 11.3 Å². The molecule has 150 valence electrons. The van der Waals surface area contributed by atoms with Crippen LogP contribution in [-0.2, 0) is 4.79 Å². The molecule has 30 heavy (non-hydrogen) atoms. The molecule has 0 aliphatic carbocycles. The smallest absolute Gasteiger partial charge is 0.269 e. The van der Waals surface area contributed by atoms with E-state index in [1.165, 1.54) is 24.3 Å². The molecule has 0 spiro atoms. The Balaban J connectivity index is 1.50. The molecular formula is C21H14IN3O4S. The number of nitrogens with zero attached hydrogens (tertiary/aromatic N) is 2. The van der Waals surface area contributed by atoms with Crippen molar-refractivity contribution in [2.45, 2.75) is 0 Å². The molecule has 0 radical (unpaired) electrons. The van der Waals surface area contributed by atoms with Gasteiger partial charge in [0.15, 0.2) is 6.61 Å². The van der Waals surface area contributed by atoms with E-state index in [-0.39, 0.29) is 18.2 Å². The van der Waals surface area contributed by atoms with Gasteiger partial charge in [-0.2, -0.15) is 0 Å². The number of carbonyl (C=O) groups excluding carboxylic acids is 1. The van der Waals surface area contributed by atoms with Gasteiger partial charge in [0.25, 0.3) is 11.6 Å². The summed E-state index contributed by atoms with van der Waals surface area (Å²) in [6.45, 7) is -0.219. The second-order valence-corrected chi connectivity index (χ2v) is 8.54. The Morgan fingerprint density at radius 3 is 2.63 bits per heavy atom. The number of amides is 1. The number of nitro groups is 1. The van der Waals surface area contributed by atoms with Gasteiger partial charge in [0, 0.05) is 21.3 Å². The lowest BCUT2D eigenvalue weighted by atomic mass is 10.2. The Hall–Kier alpha value is -3.05. The van der Waals surface area contributed by atoms with Crippen LogP contribution in [0.3, 0.4) is 0 Å². The number of carbonyl (C=O) groups is 1. The zero-order valence-corrected chi connectivity index (χ0v) is 18.3. The molecular weight excluding hydrogens is 517 g/mol. The molecule has 3 aromatic carbocycles. The average Bonchev–Trinajstić information content (AvgIpc) is 3.18. The number of fused-ring (bicyclic) bond motifs is 1. The second kappa shape index (κ2) is 8.76. The first-order valence-corrected chi connectivity index (χ1v) is 10.7. The van der Waals surface area contributed by atoms with E-state index < -0.39 is 4.92 Å². The zero-order valence-electron chi connectivity index (χ0n) is 15.4. The SMILES string of the molecule is O=C(COc1ccc([N+](=O)[O-])cc1)Nc1ccc(I)cc1-c1nc2ccccc2s1. The topological polar surface area (TPSA) is 94.4 Å². The lowest BCUT2D eigenvalue weighted by Gasteiger charge is -2.11. The highest BCUT2D eigenvalue weighted by atomic mass is 127. The van der Waals surface area contributed by atoms with Crippen LogP contribution in [0.15, 0.2) is 66.7 Å². The maximum absolute atomic E-state index is 12.4. The van der Waals surface area contributed by atoms with Crippen molar-refractivity contribution in [3.63, 3.8) is 0 Å². The number of hydrogen-bond donors (Lipinski definition) is 1. The number of halogens is 1. The summed E-state index contributed by atoms with van der Waals surface area (Å²) in [5, 5.41) is 14.4. The summed E-state index contributed by atoms with van der Waals surface area (Å²) < 4.78 is 7.55. The van der Waals surface area contributed by atoms with Crippen LogP contribution in [-0.4, -0.2) is 22.4 Å². The van der Waals surface area contributed by atoms with Crippen LogP contribution in [0.4, 0.5) is 11.4 Å². The molecule has 0 atom stereocenters. The van der Waals surface area contributed by atoms with E-state index >= 15 is 0 Å². The van der Waals surface area contributed by atoms with E-state index in [4.69, 9.17) is 4.74 Å². The average molecular weight is 531 g/mol. The number of nitrogens with one attached hydrogen (secondary N) is 1. The van der Waals surface area contributed by atoms with Crippen LogP contribution >= 0.6 is 33.9 Å². The van der Waals surface area contributed by atoms with Gasteiger partial charge >= 0.3 is 0 Å². The summed E-state index contributed by atoms with van der Waals surface area (Å²) in [4.78, 5) is 27.3. The number of anilines is 1. The van der Waals surface area contributed by atoms with Crippen molar-refractivity contribution in [3.8, 4) is 16.3 Å². The first kappa shape index (κ1) is 20.2. The predicted molar refractivity (Wildman–Crippen MR) is 125 cm³/mol. The van der Waals surface area contributed by atoms with E-state index in [0.29, 0.717) is 11.4 Å². The number of ether oxygens (including phenoxy) is 1. The maximum Gasteiger partial charge on any atom is 0.269 e. The molecule has 1 amide bonds. The zero-order chi connectivity index (χ0) is 21.1. The van der Waals surface area contributed by atoms with Gasteiger partial charge in [-0.1, -0.05) is 12.1 Å². The van der Waals surface area contributed by atoms with Crippen molar-refractivity contribution >= 4 is 61.4 Å². The van der Waals surface area contributed by atoms with Gasteiger partial charge in [-0.05, 0) is 65.1 Å². The Kier molecular flexibility index (Phi) is 5.91. The van der Waals surface area contributed by atoms with Crippen molar-refractivity contribution in [1.29, 1.82) is 0 Å². The van der Waals surface area contributed by atoms with Gasteiger partial charge < -0.3 is 10.1 Å². The van der Waals surface area contributed by atoms with Crippen LogP contribution in [0, 0.1) is 13.7 Å². The minimum atomic E-state index is -0.489. The van der Waals surface area contributed by atoms with Crippen molar-refractivity contribution in [3.05, 3.63) is 80.4 Å². The summed E-state index contributed by atoms with van der Waals surface area (Å²) in [6.07, 6.45) is 0.